The van der Waals surface area contributed by atoms with E-state index in [1.165, 1.54) is 12.1 Å². The zero-order valence-electron chi connectivity index (χ0n) is 16.9. The Kier molecular flexibility index (Phi) is 6.43. The molecule has 1 saturated heterocycles. The minimum atomic E-state index is -3.71. The highest BCUT2D eigenvalue weighted by Gasteiger charge is 2.26. The molecule has 9 heteroatoms. The van der Waals surface area contributed by atoms with E-state index in [1.54, 1.807) is 6.07 Å². The smallest absolute Gasteiger partial charge is 0.240 e. The number of ether oxygens (including phenoxy) is 4. The summed E-state index contributed by atoms with van der Waals surface area (Å²) >= 11 is 0. The summed E-state index contributed by atoms with van der Waals surface area (Å²) in [7, 11) is -3.71. The van der Waals surface area contributed by atoms with Crippen molar-refractivity contribution in [1.82, 2.24) is 9.62 Å². The van der Waals surface area contributed by atoms with Crippen molar-refractivity contribution in [2.24, 2.45) is 0 Å². The second-order valence-electron chi connectivity index (χ2n) is 7.03. The molecule has 2 heterocycles. The van der Waals surface area contributed by atoms with Gasteiger partial charge in [-0.3, -0.25) is 4.90 Å². The van der Waals surface area contributed by atoms with Gasteiger partial charge in [0.2, 0.25) is 16.8 Å². The van der Waals surface area contributed by atoms with Crippen LogP contribution in [0.4, 0.5) is 0 Å². The van der Waals surface area contributed by atoms with Gasteiger partial charge in [-0.05, 0) is 36.8 Å². The molecule has 0 unspecified atom stereocenters. The van der Waals surface area contributed by atoms with Gasteiger partial charge in [-0.2, -0.15) is 0 Å². The molecule has 0 spiro atoms. The van der Waals surface area contributed by atoms with Crippen molar-refractivity contribution >= 4 is 10.0 Å². The molecule has 0 amide bonds. The fraction of sp³-hybridized carbons (Fsp3) is 0.429. The maximum Gasteiger partial charge on any atom is 0.240 e. The highest BCUT2D eigenvalue weighted by Crippen LogP contribution is 2.34. The fourth-order valence-corrected chi connectivity index (χ4v) is 4.67. The van der Waals surface area contributed by atoms with Gasteiger partial charge in [0.15, 0.2) is 11.5 Å². The van der Waals surface area contributed by atoms with Crippen LogP contribution in [0.2, 0.25) is 0 Å². The second kappa shape index (κ2) is 9.22. The average Bonchev–Trinajstić information content (AvgIpc) is 3.24. The zero-order valence-corrected chi connectivity index (χ0v) is 17.7. The molecule has 2 aliphatic rings. The Balaban J connectivity index is 1.52. The molecule has 0 saturated carbocycles. The van der Waals surface area contributed by atoms with Crippen LogP contribution in [-0.2, 0) is 14.8 Å². The molecule has 30 heavy (non-hydrogen) atoms. The van der Waals surface area contributed by atoms with E-state index in [2.05, 4.69) is 9.62 Å². The maximum absolute atomic E-state index is 12.9. The highest BCUT2D eigenvalue weighted by atomic mass is 32.2. The zero-order chi connectivity index (χ0) is 21.0. The number of sulfonamides is 1. The molecule has 0 aliphatic carbocycles. The highest BCUT2D eigenvalue weighted by molar-refractivity contribution is 7.89. The van der Waals surface area contributed by atoms with Gasteiger partial charge in [-0.25, -0.2) is 13.1 Å². The Morgan fingerprint density at radius 1 is 1.07 bits per heavy atom. The number of morpholine rings is 1. The molecular weight excluding hydrogens is 408 g/mol. The third kappa shape index (κ3) is 4.70. The Morgan fingerprint density at radius 3 is 2.53 bits per heavy atom. The molecule has 2 aliphatic heterocycles. The Morgan fingerprint density at radius 2 is 1.80 bits per heavy atom. The number of fused-ring (bicyclic) bond motifs is 1. The largest absolute Gasteiger partial charge is 0.494 e. The first-order chi connectivity index (χ1) is 14.6. The van der Waals surface area contributed by atoms with Crippen molar-refractivity contribution in [3.63, 3.8) is 0 Å². The number of rotatable bonds is 8. The molecule has 1 fully saturated rings. The second-order valence-corrected chi connectivity index (χ2v) is 8.80. The first-order valence-electron chi connectivity index (χ1n) is 10.0. The molecule has 0 aromatic heterocycles. The van der Waals surface area contributed by atoms with Crippen LogP contribution in [0.15, 0.2) is 47.4 Å². The summed E-state index contributed by atoms with van der Waals surface area (Å²) in [5.74, 6) is 1.78. The number of hydrogen-bond acceptors (Lipinski definition) is 7. The molecule has 8 nitrogen and oxygen atoms in total. The van der Waals surface area contributed by atoms with E-state index >= 15 is 0 Å². The lowest BCUT2D eigenvalue weighted by Gasteiger charge is -2.35. The minimum Gasteiger partial charge on any atom is -0.494 e. The van der Waals surface area contributed by atoms with E-state index in [0.717, 1.165) is 24.4 Å². The fourth-order valence-electron chi connectivity index (χ4n) is 3.62. The Hall–Kier alpha value is -2.33. The van der Waals surface area contributed by atoms with E-state index in [1.807, 2.05) is 31.2 Å². The van der Waals surface area contributed by atoms with E-state index in [-0.39, 0.29) is 24.3 Å². The van der Waals surface area contributed by atoms with Gasteiger partial charge in [0.25, 0.3) is 0 Å². The SMILES string of the molecule is CCOc1ccc([C@H](CNS(=O)(=O)c2ccc3c(c2)OCO3)N2CCOCC2)cc1. The topological polar surface area (TPSA) is 86.3 Å². The summed E-state index contributed by atoms with van der Waals surface area (Å²) in [5, 5.41) is 0. The van der Waals surface area contributed by atoms with Gasteiger partial charge < -0.3 is 18.9 Å². The molecule has 4 rings (SSSR count). The molecule has 1 N–H and O–H groups in total. The lowest BCUT2D eigenvalue weighted by molar-refractivity contribution is 0.0172. The van der Waals surface area contributed by atoms with E-state index in [9.17, 15) is 8.42 Å². The predicted molar refractivity (Wildman–Crippen MR) is 110 cm³/mol. The van der Waals surface area contributed by atoms with Crippen LogP contribution < -0.4 is 18.9 Å². The summed E-state index contributed by atoms with van der Waals surface area (Å²) in [6, 6.07) is 12.3. The van der Waals surface area contributed by atoms with Crippen molar-refractivity contribution in [1.29, 1.82) is 0 Å². The summed E-state index contributed by atoms with van der Waals surface area (Å²) in [5.41, 5.74) is 1.02. The minimum absolute atomic E-state index is 0.100. The normalized spacial score (nSPS) is 17.6. The maximum atomic E-state index is 12.9. The number of nitrogens with zero attached hydrogens (tertiary/aromatic N) is 1. The van der Waals surface area contributed by atoms with Crippen molar-refractivity contribution in [3.05, 3.63) is 48.0 Å². The summed E-state index contributed by atoms with van der Waals surface area (Å²) in [4.78, 5) is 2.39. The summed E-state index contributed by atoms with van der Waals surface area (Å²) < 4.78 is 50.2. The first-order valence-corrected chi connectivity index (χ1v) is 11.5. The molecule has 0 bridgehead atoms. The van der Waals surface area contributed by atoms with Crippen molar-refractivity contribution in [2.75, 3.05) is 46.2 Å². The predicted octanol–water partition coefficient (Wildman–Crippen LogP) is 2.17. The van der Waals surface area contributed by atoms with Crippen LogP contribution in [-0.4, -0.2) is 59.6 Å². The number of benzene rings is 2. The van der Waals surface area contributed by atoms with Gasteiger partial charge in [0.05, 0.1) is 24.7 Å². The third-order valence-electron chi connectivity index (χ3n) is 5.18. The summed E-state index contributed by atoms with van der Waals surface area (Å²) in [6.07, 6.45) is 0. The van der Waals surface area contributed by atoms with Crippen molar-refractivity contribution in [3.8, 4) is 17.2 Å². The van der Waals surface area contributed by atoms with E-state index in [4.69, 9.17) is 18.9 Å². The van der Waals surface area contributed by atoms with Gasteiger partial charge in [0.1, 0.15) is 5.75 Å². The van der Waals surface area contributed by atoms with E-state index < -0.39 is 10.0 Å². The van der Waals surface area contributed by atoms with Crippen LogP contribution in [0.3, 0.4) is 0 Å². The molecule has 2 aromatic carbocycles. The van der Waals surface area contributed by atoms with Crippen molar-refractivity contribution in [2.45, 2.75) is 17.9 Å². The lowest BCUT2D eigenvalue weighted by Crippen LogP contribution is -2.43. The van der Waals surface area contributed by atoms with Gasteiger partial charge in [-0.15, -0.1) is 0 Å². The molecule has 1 atom stereocenters. The lowest BCUT2D eigenvalue weighted by atomic mass is 10.0. The molecule has 2 aromatic rings. The monoisotopic (exact) mass is 434 g/mol. The van der Waals surface area contributed by atoms with E-state index in [0.29, 0.717) is 31.3 Å². The van der Waals surface area contributed by atoms with Crippen LogP contribution in [0.25, 0.3) is 0 Å². The molecular formula is C21H26N2O6S. The van der Waals surface area contributed by atoms with Crippen molar-refractivity contribution < 1.29 is 27.4 Å². The third-order valence-corrected chi connectivity index (χ3v) is 6.60. The first kappa shape index (κ1) is 20.9. The number of hydrogen-bond donors (Lipinski definition) is 1. The molecule has 162 valence electrons. The number of nitrogens with one attached hydrogen (secondary N) is 1. The van der Waals surface area contributed by atoms with Crippen LogP contribution in [0.1, 0.15) is 18.5 Å². The van der Waals surface area contributed by atoms with Crippen LogP contribution in [0, 0.1) is 0 Å². The Labute approximate surface area is 176 Å². The summed E-state index contributed by atoms with van der Waals surface area (Å²) in [6.45, 7) is 5.61. The van der Waals surface area contributed by atoms with Crippen LogP contribution >= 0.6 is 0 Å². The quantitative estimate of drug-likeness (QED) is 0.681. The van der Waals surface area contributed by atoms with Gasteiger partial charge in [0, 0.05) is 31.7 Å². The standard InChI is InChI=1S/C21H26N2O6S/c1-2-27-17-5-3-16(4-6-17)19(23-9-11-26-12-10-23)14-22-30(24,25)18-7-8-20-21(13-18)29-15-28-20/h3-8,13,19,22H,2,9-12,14-15H2,1H3/t19-/m0/s1. The average molecular weight is 435 g/mol. The van der Waals surface area contributed by atoms with Crippen LogP contribution in [0.5, 0.6) is 17.2 Å². The molecule has 0 radical (unpaired) electrons. The van der Waals surface area contributed by atoms with Gasteiger partial charge >= 0.3 is 0 Å². The van der Waals surface area contributed by atoms with Gasteiger partial charge in [-0.1, -0.05) is 12.1 Å². The Bertz CT molecular complexity index is 958.